The predicted molar refractivity (Wildman–Crippen MR) is 140 cm³/mol. The number of benzene rings is 3. The Morgan fingerprint density at radius 2 is 1.65 bits per heavy atom. The number of nitrogens with one attached hydrogen (secondary N) is 3. The standard InChI is InChI=1S/C28H26N4O5/c33-25(14-9-20-7-4-8-24(17-20)37-19-21-5-2-1-3-6-21)30-22-10-12-23(13-11-22)31-26(34)15-16-32-27(35)18-29-28(32)36/h1-14,17H,15-16,18-19H2,(H,29,36)(H,30,33)(H,31,34)/b14-9+. The molecule has 3 aromatic rings. The maximum Gasteiger partial charge on any atom is 0.324 e. The van der Waals surface area contributed by atoms with E-state index in [1.165, 1.54) is 6.08 Å². The van der Waals surface area contributed by atoms with Crippen molar-refractivity contribution in [1.82, 2.24) is 10.2 Å². The number of urea groups is 1. The number of rotatable bonds is 10. The molecule has 1 aliphatic rings. The number of hydrogen-bond donors (Lipinski definition) is 3. The number of nitrogens with zero attached hydrogens (tertiary/aromatic N) is 1. The molecular formula is C28H26N4O5. The lowest BCUT2D eigenvalue weighted by Gasteiger charge is -2.12. The Morgan fingerprint density at radius 3 is 2.35 bits per heavy atom. The Bertz CT molecular complexity index is 1290. The van der Waals surface area contributed by atoms with Crippen LogP contribution < -0.4 is 20.7 Å². The summed E-state index contributed by atoms with van der Waals surface area (Å²) in [5.74, 6) is -0.279. The maximum atomic E-state index is 12.3. The fourth-order valence-corrected chi connectivity index (χ4v) is 3.56. The van der Waals surface area contributed by atoms with Crippen molar-refractivity contribution < 1.29 is 23.9 Å². The first kappa shape index (κ1) is 25.2. The summed E-state index contributed by atoms with van der Waals surface area (Å²) in [4.78, 5) is 48.6. The number of ether oxygens (including phenoxy) is 1. The van der Waals surface area contributed by atoms with Gasteiger partial charge in [-0.25, -0.2) is 4.79 Å². The van der Waals surface area contributed by atoms with Crippen LogP contribution in [0.1, 0.15) is 17.5 Å². The van der Waals surface area contributed by atoms with Gasteiger partial charge in [-0.05, 0) is 53.6 Å². The normalized spacial score (nSPS) is 12.9. The molecule has 0 radical (unpaired) electrons. The average Bonchev–Trinajstić information content (AvgIpc) is 3.23. The molecule has 0 aliphatic carbocycles. The summed E-state index contributed by atoms with van der Waals surface area (Å²) in [5.41, 5.74) is 2.99. The van der Waals surface area contributed by atoms with Gasteiger partial charge in [-0.1, -0.05) is 42.5 Å². The molecule has 37 heavy (non-hydrogen) atoms. The average molecular weight is 499 g/mol. The van der Waals surface area contributed by atoms with Crippen LogP contribution in [0.25, 0.3) is 6.08 Å². The van der Waals surface area contributed by atoms with Gasteiger partial charge in [-0.3, -0.25) is 19.3 Å². The number of carbonyl (C=O) groups excluding carboxylic acids is 4. The second kappa shape index (κ2) is 12.2. The third kappa shape index (κ3) is 7.53. The first-order valence-corrected chi connectivity index (χ1v) is 11.7. The van der Waals surface area contributed by atoms with Crippen LogP contribution in [-0.2, 0) is 21.0 Å². The van der Waals surface area contributed by atoms with Crippen molar-refractivity contribution in [2.24, 2.45) is 0 Å². The molecule has 1 aliphatic heterocycles. The highest BCUT2D eigenvalue weighted by Crippen LogP contribution is 2.17. The summed E-state index contributed by atoms with van der Waals surface area (Å²) < 4.78 is 5.82. The van der Waals surface area contributed by atoms with E-state index in [1.807, 2.05) is 54.6 Å². The maximum absolute atomic E-state index is 12.3. The van der Waals surface area contributed by atoms with Crippen molar-refractivity contribution in [3.8, 4) is 5.75 Å². The molecule has 9 heteroatoms. The van der Waals surface area contributed by atoms with Crippen molar-refractivity contribution in [2.45, 2.75) is 13.0 Å². The van der Waals surface area contributed by atoms with Crippen LogP contribution in [0.3, 0.4) is 0 Å². The van der Waals surface area contributed by atoms with Gasteiger partial charge >= 0.3 is 6.03 Å². The highest BCUT2D eigenvalue weighted by atomic mass is 16.5. The van der Waals surface area contributed by atoms with Crippen LogP contribution in [0.5, 0.6) is 5.75 Å². The summed E-state index contributed by atoms with van der Waals surface area (Å²) in [5, 5.41) is 7.88. The Hall–Kier alpha value is -4.92. The minimum atomic E-state index is -0.490. The van der Waals surface area contributed by atoms with Gasteiger partial charge in [0, 0.05) is 30.4 Å². The molecule has 0 unspecified atom stereocenters. The second-order valence-corrected chi connectivity index (χ2v) is 8.25. The van der Waals surface area contributed by atoms with E-state index in [9.17, 15) is 19.2 Å². The van der Waals surface area contributed by atoms with E-state index < -0.39 is 6.03 Å². The number of hydrogen-bond acceptors (Lipinski definition) is 5. The van der Waals surface area contributed by atoms with Gasteiger partial charge in [0.2, 0.25) is 17.7 Å². The molecule has 5 amide bonds. The summed E-state index contributed by atoms with van der Waals surface area (Å²) >= 11 is 0. The zero-order valence-electron chi connectivity index (χ0n) is 20.0. The second-order valence-electron chi connectivity index (χ2n) is 8.25. The topological polar surface area (TPSA) is 117 Å². The van der Waals surface area contributed by atoms with Crippen LogP contribution in [0.4, 0.5) is 16.2 Å². The smallest absolute Gasteiger partial charge is 0.324 e. The zero-order valence-corrected chi connectivity index (χ0v) is 20.0. The Labute approximate surface area is 214 Å². The largest absolute Gasteiger partial charge is 0.489 e. The Kier molecular flexibility index (Phi) is 8.28. The third-order valence-electron chi connectivity index (χ3n) is 5.47. The van der Waals surface area contributed by atoms with Gasteiger partial charge in [0.15, 0.2) is 0 Å². The van der Waals surface area contributed by atoms with Crippen molar-refractivity contribution in [3.05, 3.63) is 96.1 Å². The molecule has 0 saturated carbocycles. The molecule has 188 valence electrons. The summed E-state index contributed by atoms with van der Waals surface area (Å²) in [6.45, 7) is 0.428. The van der Waals surface area contributed by atoms with E-state index in [0.717, 1.165) is 16.0 Å². The van der Waals surface area contributed by atoms with Crippen molar-refractivity contribution in [1.29, 1.82) is 0 Å². The van der Waals surface area contributed by atoms with Gasteiger partial charge in [0.25, 0.3) is 0 Å². The van der Waals surface area contributed by atoms with Crippen molar-refractivity contribution in [2.75, 3.05) is 23.7 Å². The lowest BCUT2D eigenvalue weighted by molar-refractivity contribution is -0.125. The van der Waals surface area contributed by atoms with Crippen LogP contribution in [0.2, 0.25) is 0 Å². The fourth-order valence-electron chi connectivity index (χ4n) is 3.56. The van der Waals surface area contributed by atoms with Crippen LogP contribution in [0, 0.1) is 0 Å². The molecular weight excluding hydrogens is 472 g/mol. The van der Waals surface area contributed by atoms with E-state index >= 15 is 0 Å². The predicted octanol–water partition coefficient (Wildman–Crippen LogP) is 3.80. The van der Waals surface area contributed by atoms with E-state index in [1.54, 1.807) is 30.3 Å². The first-order valence-electron chi connectivity index (χ1n) is 11.7. The number of imide groups is 1. The number of carbonyl (C=O) groups is 4. The van der Waals surface area contributed by atoms with E-state index in [0.29, 0.717) is 23.7 Å². The van der Waals surface area contributed by atoms with E-state index in [2.05, 4.69) is 16.0 Å². The first-order chi connectivity index (χ1) is 18.0. The summed E-state index contributed by atoms with van der Waals surface area (Å²) in [7, 11) is 0. The highest BCUT2D eigenvalue weighted by molar-refractivity contribution is 6.03. The zero-order chi connectivity index (χ0) is 26.0. The molecule has 1 saturated heterocycles. The highest BCUT2D eigenvalue weighted by Gasteiger charge is 2.28. The molecule has 1 fully saturated rings. The van der Waals surface area contributed by atoms with Gasteiger partial charge in [0.1, 0.15) is 12.4 Å². The van der Waals surface area contributed by atoms with Gasteiger partial charge in [-0.2, -0.15) is 0 Å². The Balaban J connectivity index is 1.23. The molecule has 0 atom stereocenters. The quantitative estimate of drug-likeness (QED) is 0.290. The van der Waals surface area contributed by atoms with Gasteiger partial charge < -0.3 is 20.7 Å². The Morgan fingerprint density at radius 1 is 0.919 bits per heavy atom. The lowest BCUT2D eigenvalue weighted by atomic mass is 10.2. The molecule has 0 aromatic heterocycles. The van der Waals surface area contributed by atoms with Crippen LogP contribution in [0.15, 0.2) is 84.9 Å². The number of amides is 5. The lowest BCUT2D eigenvalue weighted by Crippen LogP contribution is -2.33. The van der Waals surface area contributed by atoms with E-state index in [4.69, 9.17) is 4.74 Å². The fraction of sp³-hybridized carbons (Fsp3) is 0.143. The van der Waals surface area contributed by atoms with Gasteiger partial charge in [0.05, 0.1) is 6.54 Å². The molecule has 1 heterocycles. The van der Waals surface area contributed by atoms with Gasteiger partial charge in [-0.15, -0.1) is 0 Å². The molecule has 0 bridgehead atoms. The minimum Gasteiger partial charge on any atom is -0.489 e. The molecule has 0 spiro atoms. The number of anilines is 2. The molecule has 3 N–H and O–H groups in total. The molecule has 3 aromatic carbocycles. The summed E-state index contributed by atoms with van der Waals surface area (Å²) in [6.07, 6.45) is 3.12. The molecule has 9 nitrogen and oxygen atoms in total. The minimum absolute atomic E-state index is 0.0129. The summed E-state index contributed by atoms with van der Waals surface area (Å²) in [6, 6.07) is 23.5. The monoisotopic (exact) mass is 498 g/mol. The van der Waals surface area contributed by atoms with Crippen molar-refractivity contribution in [3.63, 3.8) is 0 Å². The van der Waals surface area contributed by atoms with E-state index in [-0.39, 0.29) is 37.2 Å². The molecule has 4 rings (SSSR count). The van der Waals surface area contributed by atoms with Crippen molar-refractivity contribution >= 4 is 41.2 Å². The van der Waals surface area contributed by atoms with Crippen LogP contribution >= 0.6 is 0 Å². The third-order valence-corrected chi connectivity index (χ3v) is 5.47. The van der Waals surface area contributed by atoms with Crippen LogP contribution in [-0.4, -0.2) is 41.7 Å². The SMILES string of the molecule is O=C(/C=C/c1cccc(OCc2ccccc2)c1)Nc1ccc(NC(=O)CCN2C(=O)CNC2=O)cc1.